The molecule has 0 spiro atoms. The van der Waals surface area contributed by atoms with E-state index in [0.717, 1.165) is 26.0 Å². The van der Waals surface area contributed by atoms with E-state index in [1.807, 2.05) is 6.92 Å². The van der Waals surface area contributed by atoms with Gasteiger partial charge in [-0.15, -0.1) is 23.5 Å². The lowest BCUT2D eigenvalue weighted by atomic mass is 10.0. The first-order chi connectivity index (χ1) is 17.6. The maximum atomic E-state index is 13.0. The van der Waals surface area contributed by atoms with Crippen LogP contribution in [-0.2, 0) is 14.4 Å². The number of β-lactam (4-membered cyclic amide) rings is 1. The molecule has 2 aliphatic heterocycles. The number of halogens is 1. The highest BCUT2D eigenvalue weighted by Gasteiger charge is 2.54. The predicted octanol–water partition coefficient (Wildman–Crippen LogP) is 1.88. The molecule has 2 aromatic heterocycles. The number of carboxylic acid groups (broad SMARTS) is 1. The number of carbonyl (C=O) groups excluding carboxylic acids is 2. The summed E-state index contributed by atoms with van der Waals surface area (Å²) in [6.07, 6.45) is 3.30. The van der Waals surface area contributed by atoms with Crippen LogP contribution in [0.1, 0.15) is 12.6 Å². The number of aromatic nitrogens is 2. The number of carboxylic acids is 1. The summed E-state index contributed by atoms with van der Waals surface area (Å²) in [5.41, 5.74) is 10.7. The number of pyridine rings is 1. The number of anilines is 1. The summed E-state index contributed by atoms with van der Waals surface area (Å²) >= 11 is 11.0. The van der Waals surface area contributed by atoms with Crippen molar-refractivity contribution in [1.82, 2.24) is 20.2 Å². The van der Waals surface area contributed by atoms with Crippen molar-refractivity contribution in [3.8, 4) is 0 Å². The molecule has 0 aromatic carbocycles. The third-order valence-corrected chi connectivity index (χ3v) is 10.2. The van der Waals surface area contributed by atoms with Crippen LogP contribution in [0.2, 0.25) is 4.34 Å². The summed E-state index contributed by atoms with van der Waals surface area (Å²) in [7, 11) is 0. The van der Waals surface area contributed by atoms with Gasteiger partial charge in [-0.05, 0) is 13.0 Å². The fourth-order valence-corrected chi connectivity index (χ4v) is 7.94. The summed E-state index contributed by atoms with van der Waals surface area (Å²) in [5.74, 6) is -1.81. The molecule has 7 N–H and O–H groups in total. The van der Waals surface area contributed by atoms with Crippen molar-refractivity contribution in [2.24, 2.45) is 10.9 Å². The third kappa shape index (κ3) is 5.68. The van der Waals surface area contributed by atoms with Crippen LogP contribution >= 0.6 is 58.2 Å². The molecule has 0 saturated carbocycles. The molecule has 4 rings (SSSR count). The Morgan fingerprint density at radius 3 is 2.81 bits per heavy atom. The van der Waals surface area contributed by atoms with E-state index in [9.17, 15) is 24.7 Å². The van der Waals surface area contributed by atoms with Crippen molar-refractivity contribution in [2.75, 3.05) is 17.2 Å². The average molecular weight is 602 g/mol. The van der Waals surface area contributed by atoms with Gasteiger partial charge in [0.1, 0.15) is 27.1 Å². The first kappa shape index (κ1) is 27.5. The normalized spacial score (nSPS) is 20.4. The molecule has 37 heavy (non-hydrogen) atoms. The molecular weight excluding hydrogens is 582 g/mol. The van der Waals surface area contributed by atoms with E-state index >= 15 is 0 Å². The number of rotatable bonds is 9. The first-order valence-corrected chi connectivity index (χ1v) is 14.5. The summed E-state index contributed by atoms with van der Waals surface area (Å²) in [5, 5.41) is 24.2. The molecular formula is C20H20ClN7O5S4. The topological polar surface area (TPSA) is 197 Å². The van der Waals surface area contributed by atoms with Crippen molar-refractivity contribution >= 4 is 86.9 Å². The summed E-state index contributed by atoms with van der Waals surface area (Å²) in [4.78, 5) is 49.3. The predicted molar refractivity (Wildman–Crippen MR) is 144 cm³/mol. The number of amides is 2. The standard InChI is InChI=1S/C20H20ClN7O5S4/c1-7(22)5-34-9-4-24-3-2-8(9)36-10-6-35-18-13(17(30)28(18)14(10)19(31)32)25-16(29)12(27-33)11-15(21)37-20(23)26-11/h2-4,7,13,18,33H,5-6,22H2,1H3,(H2,23,26)(H,25,29)(H,31,32)/b27-12-/t7?,13-,18+/m1/s1. The van der Waals surface area contributed by atoms with Gasteiger partial charge >= 0.3 is 5.97 Å². The number of aliphatic carboxylic acids is 1. The first-order valence-electron chi connectivity index (χ1n) is 10.5. The van der Waals surface area contributed by atoms with E-state index in [2.05, 4.69) is 20.4 Å². The van der Waals surface area contributed by atoms with Gasteiger partial charge in [-0.25, -0.2) is 9.78 Å². The lowest BCUT2D eigenvalue weighted by molar-refractivity contribution is -0.150. The zero-order valence-corrected chi connectivity index (χ0v) is 23.0. The Labute approximate surface area is 232 Å². The van der Waals surface area contributed by atoms with Crippen LogP contribution in [0.3, 0.4) is 0 Å². The van der Waals surface area contributed by atoms with Crippen molar-refractivity contribution in [3.05, 3.63) is 39.1 Å². The lowest BCUT2D eigenvalue weighted by Gasteiger charge is -2.49. The zero-order valence-electron chi connectivity index (χ0n) is 19.0. The van der Waals surface area contributed by atoms with Gasteiger partial charge in [0.2, 0.25) is 0 Å². The van der Waals surface area contributed by atoms with E-state index in [4.69, 9.17) is 23.1 Å². The molecule has 12 nitrogen and oxygen atoms in total. The summed E-state index contributed by atoms with van der Waals surface area (Å²) < 4.78 is 0.0429. The number of nitrogens with zero attached hydrogens (tertiary/aromatic N) is 4. The SMILES string of the molecule is CC(N)CSc1cnccc1SC1=C(C(=O)O)N2C(=O)[C@@H](NC(=O)/C(=N\O)c3nc(N)sc3Cl)[C@@H]2SC1. The van der Waals surface area contributed by atoms with Crippen molar-refractivity contribution in [2.45, 2.75) is 34.2 Å². The van der Waals surface area contributed by atoms with Gasteiger partial charge in [-0.1, -0.05) is 39.9 Å². The summed E-state index contributed by atoms with van der Waals surface area (Å²) in [6, 6.07) is 0.710. The minimum Gasteiger partial charge on any atom is -0.477 e. The van der Waals surface area contributed by atoms with Gasteiger partial charge in [0.05, 0.1) is 0 Å². The van der Waals surface area contributed by atoms with Crippen molar-refractivity contribution in [1.29, 1.82) is 0 Å². The minimum absolute atomic E-state index is 0.0333. The van der Waals surface area contributed by atoms with Gasteiger partial charge in [0.25, 0.3) is 11.8 Å². The Bertz CT molecular complexity index is 1320. The van der Waals surface area contributed by atoms with Crippen LogP contribution in [0.4, 0.5) is 5.13 Å². The van der Waals surface area contributed by atoms with Crippen LogP contribution in [0.15, 0.2) is 44.0 Å². The largest absolute Gasteiger partial charge is 0.477 e. The van der Waals surface area contributed by atoms with E-state index < -0.39 is 34.9 Å². The number of nitrogens with one attached hydrogen (secondary N) is 1. The quantitative estimate of drug-likeness (QED) is 0.0921. The molecule has 0 aliphatic carbocycles. The second-order valence-corrected chi connectivity index (χ2v) is 12.7. The zero-order chi connectivity index (χ0) is 26.9. The molecule has 0 bridgehead atoms. The Morgan fingerprint density at radius 2 is 2.19 bits per heavy atom. The number of oxime groups is 1. The lowest BCUT2D eigenvalue weighted by Crippen LogP contribution is -2.71. The van der Waals surface area contributed by atoms with Crippen molar-refractivity contribution < 1.29 is 24.7 Å². The van der Waals surface area contributed by atoms with Crippen LogP contribution < -0.4 is 16.8 Å². The number of thioether (sulfide) groups is 3. The number of fused-ring (bicyclic) bond motifs is 1. The van der Waals surface area contributed by atoms with E-state index in [0.29, 0.717) is 16.4 Å². The fourth-order valence-electron chi connectivity index (χ4n) is 3.46. The van der Waals surface area contributed by atoms with Gasteiger partial charge in [0.15, 0.2) is 10.8 Å². The Kier molecular flexibility index (Phi) is 8.55. The third-order valence-electron chi connectivity index (χ3n) is 5.05. The molecule has 2 amide bonds. The second kappa shape index (κ2) is 11.5. The molecule has 0 radical (unpaired) electrons. The number of nitrogens with two attached hydrogens (primary N) is 2. The highest BCUT2D eigenvalue weighted by atomic mass is 35.5. The number of hydrogen-bond donors (Lipinski definition) is 5. The molecule has 1 fully saturated rings. The Hall–Kier alpha value is -2.50. The van der Waals surface area contributed by atoms with Gasteiger partial charge in [-0.3, -0.25) is 19.5 Å². The molecule has 3 atom stereocenters. The van der Waals surface area contributed by atoms with Gasteiger partial charge < -0.3 is 27.1 Å². The van der Waals surface area contributed by atoms with Gasteiger partial charge in [-0.2, -0.15) is 0 Å². The van der Waals surface area contributed by atoms with Crippen LogP contribution in [0.5, 0.6) is 0 Å². The molecule has 1 saturated heterocycles. The van der Waals surface area contributed by atoms with Crippen LogP contribution in [0, 0.1) is 0 Å². The second-order valence-electron chi connectivity index (χ2n) is 7.77. The van der Waals surface area contributed by atoms with Crippen LogP contribution in [0.25, 0.3) is 0 Å². The maximum absolute atomic E-state index is 13.0. The highest BCUT2D eigenvalue weighted by Crippen LogP contribution is 2.46. The smallest absolute Gasteiger partial charge is 0.353 e. The Balaban J connectivity index is 1.53. The Morgan fingerprint density at radius 1 is 1.43 bits per heavy atom. The van der Waals surface area contributed by atoms with E-state index in [1.54, 1.807) is 18.5 Å². The number of carbonyl (C=O) groups is 3. The molecule has 1 unspecified atom stereocenters. The average Bonchev–Trinajstić information content (AvgIpc) is 3.19. The maximum Gasteiger partial charge on any atom is 0.353 e. The van der Waals surface area contributed by atoms with Crippen molar-refractivity contribution in [3.63, 3.8) is 0 Å². The monoisotopic (exact) mass is 601 g/mol. The number of hydrogen-bond acceptors (Lipinski definition) is 13. The molecule has 17 heteroatoms. The molecule has 196 valence electrons. The molecule has 2 aliphatic rings. The molecule has 2 aromatic rings. The highest BCUT2D eigenvalue weighted by molar-refractivity contribution is 8.07. The van der Waals surface area contributed by atoms with Gasteiger partial charge in [0, 0.05) is 44.6 Å². The fraction of sp³-hybridized carbons (Fsp3) is 0.300. The number of nitrogen functional groups attached to an aromatic ring is 1. The van der Waals surface area contributed by atoms with Crippen LogP contribution in [-0.4, -0.2) is 77.6 Å². The summed E-state index contributed by atoms with van der Waals surface area (Å²) in [6.45, 7) is 1.89. The minimum atomic E-state index is -1.26. The van der Waals surface area contributed by atoms with E-state index in [-0.39, 0.29) is 26.9 Å². The molecule has 4 heterocycles. The van der Waals surface area contributed by atoms with E-state index in [1.165, 1.54) is 35.3 Å². The number of thiazole rings is 1.